The lowest BCUT2D eigenvalue weighted by Gasteiger charge is -2.37. The minimum Gasteiger partial charge on any atom is -0.493 e. The first-order chi connectivity index (χ1) is 30.4. The predicted octanol–water partition coefficient (Wildman–Crippen LogP) is 5.23. The molecule has 0 spiro atoms. The zero-order chi connectivity index (χ0) is 45.1. The molecule has 7 rings (SSSR count). The summed E-state index contributed by atoms with van der Waals surface area (Å²) in [7, 11) is 13.2. The molecule has 3 aliphatic heterocycles. The van der Waals surface area contributed by atoms with Crippen LogP contribution in [0, 0.1) is 0 Å². The lowest BCUT2D eigenvalue weighted by molar-refractivity contribution is -0.155. The van der Waals surface area contributed by atoms with Crippen molar-refractivity contribution in [2.45, 2.75) is 50.0 Å². The molecule has 0 radical (unpaired) electrons. The van der Waals surface area contributed by atoms with Crippen LogP contribution in [0.4, 0.5) is 0 Å². The van der Waals surface area contributed by atoms with Gasteiger partial charge >= 0.3 is 11.9 Å². The van der Waals surface area contributed by atoms with E-state index in [1.54, 1.807) is 60.7 Å². The molecule has 63 heavy (non-hydrogen) atoms. The van der Waals surface area contributed by atoms with Gasteiger partial charge in [0.05, 0.1) is 64.0 Å². The molecular weight excluding hydrogens is 817 g/mol. The number of fused-ring (bicyclic) bond motifs is 3. The summed E-state index contributed by atoms with van der Waals surface area (Å²) in [6, 6.07) is 14.0. The molecule has 0 aromatic heterocycles. The standard InChI is InChI=1S/C47H50N2O14/c1-54-34-12-11-26(18-35(34)55-2)43-42(45(51)49-24-30-22-39(59-6)37(57-4)20-28(30)17-33(49)47(53)62-9)31-14-25(15-40(60-7)44(31)63-43)10-13-41(50)48-23-29-21-38(58-5)36(56-3)19-27(29)16-32(48)46(52)61-8/h10-15,18-22,32-33,42-43H,16-17,23-24H2,1-9H3. The highest BCUT2D eigenvalue weighted by molar-refractivity contribution is 5.96. The van der Waals surface area contributed by atoms with E-state index in [9.17, 15) is 14.4 Å². The van der Waals surface area contributed by atoms with Gasteiger partial charge in [-0.25, -0.2) is 9.59 Å². The van der Waals surface area contributed by atoms with E-state index >= 15 is 4.79 Å². The normalized spacial score (nSPS) is 18.6. The van der Waals surface area contributed by atoms with E-state index in [1.165, 1.54) is 79.9 Å². The molecule has 2 amide bonds. The van der Waals surface area contributed by atoms with E-state index in [0.29, 0.717) is 62.7 Å². The number of hydrogen-bond donors (Lipinski definition) is 0. The highest BCUT2D eigenvalue weighted by atomic mass is 16.5. The highest BCUT2D eigenvalue weighted by Gasteiger charge is 2.48. The summed E-state index contributed by atoms with van der Waals surface area (Å²) in [6.07, 6.45) is 2.36. The molecule has 0 saturated heterocycles. The number of ether oxygens (including phenoxy) is 10. The van der Waals surface area contributed by atoms with Crippen LogP contribution in [0.2, 0.25) is 0 Å². The van der Waals surface area contributed by atoms with Gasteiger partial charge in [-0.2, -0.15) is 0 Å². The quantitative estimate of drug-likeness (QED) is 0.127. The third-order valence-corrected chi connectivity index (χ3v) is 11.8. The van der Waals surface area contributed by atoms with Gasteiger partial charge in [0.2, 0.25) is 11.8 Å². The fourth-order valence-electron chi connectivity index (χ4n) is 8.59. The SMILES string of the molecule is COC(=O)C1Cc2cc(OC)c(OC)cc2CN1C(=O)C=Cc1cc(OC)c2c(c1)C(C(=O)N1Cc3cc(OC)c(OC)cc3CC1C(=O)OC)C(c1ccc(OC)c(OC)c1)O2. The number of rotatable bonds is 13. The fourth-order valence-corrected chi connectivity index (χ4v) is 8.59. The number of nitrogens with zero attached hydrogens (tertiary/aromatic N) is 2. The van der Waals surface area contributed by atoms with Crippen molar-refractivity contribution < 1.29 is 66.5 Å². The van der Waals surface area contributed by atoms with E-state index < -0.39 is 47.9 Å². The molecular formula is C47H50N2O14. The topological polar surface area (TPSA) is 167 Å². The van der Waals surface area contributed by atoms with Crippen LogP contribution < -0.4 is 37.9 Å². The molecule has 3 heterocycles. The maximum Gasteiger partial charge on any atom is 0.328 e. The third-order valence-electron chi connectivity index (χ3n) is 11.8. The van der Waals surface area contributed by atoms with E-state index in [2.05, 4.69) is 0 Å². The molecule has 0 aliphatic carbocycles. The number of hydrogen-bond acceptors (Lipinski definition) is 14. The molecule has 332 valence electrons. The van der Waals surface area contributed by atoms with Crippen LogP contribution in [0.1, 0.15) is 51.0 Å². The Labute approximate surface area is 365 Å². The lowest BCUT2D eigenvalue weighted by atomic mass is 9.86. The zero-order valence-corrected chi connectivity index (χ0v) is 36.6. The Kier molecular flexibility index (Phi) is 12.9. The van der Waals surface area contributed by atoms with Crippen LogP contribution in [0.3, 0.4) is 0 Å². The summed E-state index contributed by atoms with van der Waals surface area (Å²) in [6.45, 7) is 0.144. The van der Waals surface area contributed by atoms with Crippen LogP contribution in [-0.2, 0) is 54.6 Å². The fraction of sp³-hybridized carbons (Fsp3) is 0.362. The summed E-state index contributed by atoms with van der Waals surface area (Å²) in [5, 5.41) is 0. The first-order valence-electron chi connectivity index (χ1n) is 20.0. The van der Waals surface area contributed by atoms with E-state index in [4.69, 9.17) is 47.4 Å². The lowest BCUT2D eigenvalue weighted by Crippen LogP contribution is -2.51. The van der Waals surface area contributed by atoms with Crippen molar-refractivity contribution in [1.82, 2.24) is 9.80 Å². The summed E-state index contributed by atoms with van der Waals surface area (Å²) in [4.78, 5) is 59.1. The molecule has 16 heteroatoms. The van der Waals surface area contributed by atoms with Gasteiger partial charge < -0.3 is 57.2 Å². The first-order valence-corrected chi connectivity index (χ1v) is 20.0. The number of esters is 2. The van der Waals surface area contributed by atoms with E-state index in [0.717, 1.165) is 22.3 Å². The molecule has 4 aromatic rings. The Hall–Kier alpha value is -7.10. The zero-order valence-electron chi connectivity index (χ0n) is 36.6. The molecule has 0 bridgehead atoms. The molecule has 4 unspecified atom stereocenters. The Bertz CT molecular complexity index is 2460. The minimum absolute atomic E-state index is 0.0446. The Morgan fingerprint density at radius 2 is 1.03 bits per heavy atom. The Morgan fingerprint density at radius 1 is 0.556 bits per heavy atom. The van der Waals surface area contributed by atoms with Crippen molar-refractivity contribution in [3.63, 3.8) is 0 Å². The molecule has 0 fully saturated rings. The minimum atomic E-state index is -1.04. The van der Waals surface area contributed by atoms with Gasteiger partial charge in [0.15, 0.2) is 46.0 Å². The predicted molar refractivity (Wildman–Crippen MR) is 227 cm³/mol. The number of benzene rings is 4. The third kappa shape index (κ3) is 8.20. The highest BCUT2D eigenvalue weighted by Crippen LogP contribution is 2.53. The summed E-state index contributed by atoms with van der Waals surface area (Å²) >= 11 is 0. The van der Waals surface area contributed by atoms with Crippen LogP contribution in [0.15, 0.2) is 60.7 Å². The van der Waals surface area contributed by atoms with Crippen molar-refractivity contribution in [3.05, 3.63) is 99.6 Å². The summed E-state index contributed by atoms with van der Waals surface area (Å²) in [5.41, 5.74) is 4.71. The molecule has 0 N–H and O–H groups in total. The van der Waals surface area contributed by atoms with Crippen molar-refractivity contribution >= 4 is 29.8 Å². The Morgan fingerprint density at radius 3 is 1.54 bits per heavy atom. The summed E-state index contributed by atoms with van der Waals surface area (Å²) < 4.78 is 56.2. The van der Waals surface area contributed by atoms with Gasteiger partial charge in [0.1, 0.15) is 24.1 Å². The van der Waals surface area contributed by atoms with Crippen molar-refractivity contribution in [2.75, 3.05) is 64.0 Å². The first kappa shape index (κ1) is 44.0. The smallest absolute Gasteiger partial charge is 0.328 e. The maximum atomic E-state index is 15.4. The van der Waals surface area contributed by atoms with Gasteiger partial charge in [-0.3, -0.25) is 9.59 Å². The van der Waals surface area contributed by atoms with Gasteiger partial charge in [-0.05, 0) is 88.0 Å². The molecule has 3 aliphatic rings. The monoisotopic (exact) mass is 866 g/mol. The maximum absolute atomic E-state index is 15.4. The van der Waals surface area contributed by atoms with Gasteiger partial charge in [0, 0.05) is 37.6 Å². The van der Waals surface area contributed by atoms with Crippen molar-refractivity contribution in [3.8, 4) is 46.0 Å². The summed E-state index contributed by atoms with van der Waals surface area (Å²) in [5.74, 6) is 0.356. The largest absolute Gasteiger partial charge is 0.493 e. The second-order valence-corrected chi connectivity index (χ2v) is 15.0. The van der Waals surface area contributed by atoms with Gasteiger partial charge in [-0.15, -0.1) is 0 Å². The average molecular weight is 867 g/mol. The van der Waals surface area contributed by atoms with E-state index in [1.807, 2.05) is 0 Å². The number of methoxy groups -OCH3 is 9. The second kappa shape index (κ2) is 18.5. The van der Waals surface area contributed by atoms with Crippen LogP contribution in [0.5, 0.6) is 46.0 Å². The van der Waals surface area contributed by atoms with Crippen molar-refractivity contribution in [1.29, 1.82) is 0 Å². The van der Waals surface area contributed by atoms with Gasteiger partial charge in [-0.1, -0.05) is 6.07 Å². The number of carbonyl (C=O) groups excluding carboxylic acids is 4. The van der Waals surface area contributed by atoms with Crippen LogP contribution in [0.25, 0.3) is 6.08 Å². The molecule has 16 nitrogen and oxygen atoms in total. The molecule has 0 saturated carbocycles. The number of carbonyl (C=O) groups is 4. The van der Waals surface area contributed by atoms with Crippen molar-refractivity contribution in [2.24, 2.45) is 0 Å². The Balaban J connectivity index is 1.30. The van der Waals surface area contributed by atoms with Crippen LogP contribution >= 0.6 is 0 Å². The number of amides is 2. The van der Waals surface area contributed by atoms with Crippen LogP contribution in [-0.4, -0.2) is 110 Å². The average Bonchev–Trinajstić information content (AvgIpc) is 3.71. The van der Waals surface area contributed by atoms with E-state index in [-0.39, 0.29) is 25.9 Å². The van der Waals surface area contributed by atoms with Gasteiger partial charge in [0.25, 0.3) is 0 Å². The molecule has 4 atom stereocenters. The molecule has 4 aromatic carbocycles. The second-order valence-electron chi connectivity index (χ2n) is 15.0.